The summed E-state index contributed by atoms with van der Waals surface area (Å²) in [5.74, 6) is 6.31. The zero-order chi connectivity index (χ0) is 21.7. The van der Waals surface area contributed by atoms with E-state index in [9.17, 15) is 5.11 Å². The zero-order valence-electron chi connectivity index (χ0n) is 20.9. The van der Waals surface area contributed by atoms with Crippen molar-refractivity contribution in [1.82, 2.24) is 0 Å². The molecule has 0 aliphatic heterocycles. The van der Waals surface area contributed by atoms with E-state index in [0.29, 0.717) is 10.8 Å². The third kappa shape index (κ3) is 3.74. The summed E-state index contributed by atoms with van der Waals surface area (Å²) in [6.07, 6.45) is 17.1. The molecule has 3 fully saturated rings. The van der Waals surface area contributed by atoms with Crippen molar-refractivity contribution >= 4 is 0 Å². The molecule has 1 heteroatoms. The van der Waals surface area contributed by atoms with Crippen LogP contribution in [-0.2, 0) is 0 Å². The van der Waals surface area contributed by atoms with Crippen LogP contribution >= 0.6 is 0 Å². The van der Waals surface area contributed by atoms with Crippen molar-refractivity contribution in [3.05, 3.63) is 11.6 Å². The lowest BCUT2D eigenvalue weighted by atomic mass is 9.47. The normalized spacial score (nSPS) is 45.3. The van der Waals surface area contributed by atoms with Gasteiger partial charge in [0.25, 0.3) is 0 Å². The van der Waals surface area contributed by atoms with Gasteiger partial charge in [-0.05, 0) is 110 Å². The van der Waals surface area contributed by atoms with Crippen LogP contribution in [0.2, 0.25) is 0 Å². The van der Waals surface area contributed by atoms with E-state index in [1.165, 1.54) is 57.8 Å². The van der Waals surface area contributed by atoms with Crippen LogP contribution in [0.5, 0.6) is 0 Å². The molecule has 1 unspecified atom stereocenters. The van der Waals surface area contributed by atoms with Gasteiger partial charge in [0.1, 0.15) is 0 Å². The van der Waals surface area contributed by atoms with Gasteiger partial charge >= 0.3 is 0 Å². The standard InChI is InChI=1S/C29H50O/c1-7-21(19(2)3)9-8-20(4)25-12-13-26-24-11-10-22-18-23(30)14-16-28(22,5)27(24)15-17-29(25,26)6/h10,19-21,23-27,30H,7-9,11-18H2,1-6H3/t20-,21?,23+,24+,25-,26+,27+,28+,29-/m1/s1. The summed E-state index contributed by atoms with van der Waals surface area (Å²) in [5.41, 5.74) is 2.59. The number of hydrogen-bond acceptors (Lipinski definition) is 1. The van der Waals surface area contributed by atoms with Crippen molar-refractivity contribution in [2.45, 2.75) is 118 Å². The van der Waals surface area contributed by atoms with Crippen molar-refractivity contribution in [1.29, 1.82) is 0 Å². The molecular formula is C29H50O. The van der Waals surface area contributed by atoms with Crippen LogP contribution in [0.15, 0.2) is 11.6 Å². The van der Waals surface area contributed by atoms with Crippen molar-refractivity contribution in [2.24, 2.45) is 52.3 Å². The monoisotopic (exact) mass is 414 g/mol. The molecule has 4 aliphatic rings. The molecule has 30 heavy (non-hydrogen) atoms. The van der Waals surface area contributed by atoms with Gasteiger partial charge < -0.3 is 5.11 Å². The van der Waals surface area contributed by atoms with Crippen LogP contribution < -0.4 is 0 Å². The molecule has 4 rings (SSSR count). The maximum atomic E-state index is 10.2. The second kappa shape index (κ2) is 8.57. The highest BCUT2D eigenvalue weighted by Gasteiger charge is 2.59. The largest absolute Gasteiger partial charge is 0.393 e. The van der Waals surface area contributed by atoms with Crippen molar-refractivity contribution in [2.75, 3.05) is 0 Å². The third-order valence-electron chi connectivity index (χ3n) is 11.3. The van der Waals surface area contributed by atoms with Gasteiger partial charge in [0.05, 0.1) is 6.10 Å². The second-order valence-electron chi connectivity index (χ2n) is 12.9. The minimum atomic E-state index is -0.0794. The number of hydrogen-bond donors (Lipinski definition) is 1. The summed E-state index contributed by atoms with van der Waals surface area (Å²) in [4.78, 5) is 0. The zero-order valence-corrected chi connectivity index (χ0v) is 20.9. The number of fused-ring (bicyclic) bond motifs is 5. The molecule has 0 spiro atoms. The first-order valence-electron chi connectivity index (χ1n) is 13.6. The van der Waals surface area contributed by atoms with Crippen molar-refractivity contribution in [3.63, 3.8) is 0 Å². The lowest BCUT2D eigenvalue weighted by Gasteiger charge is -2.58. The average molecular weight is 415 g/mol. The maximum Gasteiger partial charge on any atom is 0.0577 e. The Labute approximate surface area is 187 Å². The fraction of sp³-hybridized carbons (Fsp3) is 0.931. The predicted octanol–water partition coefficient (Wildman–Crippen LogP) is 8.02. The minimum Gasteiger partial charge on any atom is -0.393 e. The quantitative estimate of drug-likeness (QED) is 0.436. The first-order valence-corrected chi connectivity index (χ1v) is 13.6. The molecule has 172 valence electrons. The van der Waals surface area contributed by atoms with Crippen LogP contribution in [0.4, 0.5) is 0 Å². The Morgan fingerprint density at radius 3 is 2.47 bits per heavy atom. The molecule has 9 atom stereocenters. The minimum absolute atomic E-state index is 0.0794. The molecule has 4 aliphatic carbocycles. The Morgan fingerprint density at radius 2 is 1.77 bits per heavy atom. The van der Waals surface area contributed by atoms with Crippen LogP contribution in [0.25, 0.3) is 0 Å². The summed E-state index contributed by atoms with van der Waals surface area (Å²) in [7, 11) is 0. The van der Waals surface area contributed by atoms with E-state index in [1.54, 1.807) is 5.57 Å². The van der Waals surface area contributed by atoms with E-state index in [2.05, 4.69) is 47.6 Å². The van der Waals surface area contributed by atoms with Crippen molar-refractivity contribution < 1.29 is 5.11 Å². The molecule has 0 bridgehead atoms. The molecule has 0 radical (unpaired) electrons. The first kappa shape index (κ1) is 22.9. The van der Waals surface area contributed by atoms with Crippen LogP contribution in [0, 0.1) is 52.3 Å². The van der Waals surface area contributed by atoms with E-state index >= 15 is 0 Å². The van der Waals surface area contributed by atoms with Gasteiger partial charge in [-0.25, -0.2) is 0 Å². The molecule has 1 nitrogen and oxygen atoms in total. The van der Waals surface area contributed by atoms with Crippen LogP contribution in [0.1, 0.15) is 112 Å². The first-order chi connectivity index (χ1) is 14.2. The molecule has 0 aromatic heterocycles. The predicted molar refractivity (Wildman–Crippen MR) is 128 cm³/mol. The SMILES string of the molecule is CCC(CC[C@@H](C)[C@H]1CC[C@H]2[C@@H]3CC=C4C[C@@H](O)CC[C@]4(C)[C@H]3CC[C@]12C)C(C)C. The van der Waals surface area contributed by atoms with Crippen LogP contribution in [-0.4, -0.2) is 11.2 Å². The van der Waals surface area contributed by atoms with E-state index in [4.69, 9.17) is 0 Å². The molecule has 0 aromatic carbocycles. The topological polar surface area (TPSA) is 20.2 Å². The van der Waals surface area contributed by atoms with Crippen LogP contribution in [0.3, 0.4) is 0 Å². The molecule has 0 heterocycles. The lowest BCUT2D eigenvalue weighted by Crippen LogP contribution is -2.50. The Bertz CT molecular complexity index is 634. The van der Waals surface area contributed by atoms with Crippen molar-refractivity contribution in [3.8, 4) is 0 Å². The summed E-state index contributed by atoms with van der Waals surface area (Å²) < 4.78 is 0. The highest BCUT2D eigenvalue weighted by Crippen LogP contribution is 2.67. The third-order valence-corrected chi connectivity index (χ3v) is 11.3. The summed E-state index contributed by atoms with van der Waals surface area (Å²) >= 11 is 0. The molecular weight excluding hydrogens is 364 g/mol. The summed E-state index contributed by atoms with van der Waals surface area (Å²) in [5, 5.41) is 10.2. The highest BCUT2D eigenvalue weighted by atomic mass is 16.3. The molecule has 0 aromatic rings. The molecule has 0 amide bonds. The Balaban J connectivity index is 1.47. The Hall–Kier alpha value is -0.300. The Kier molecular flexibility index (Phi) is 6.53. The molecule has 1 N–H and O–H groups in total. The average Bonchev–Trinajstić information content (AvgIpc) is 3.06. The van der Waals surface area contributed by atoms with E-state index in [1.807, 2.05) is 0 Å². The van der Waals surface area contributed by atoms with E-state index in [-0.39, 0.29) is 6.10 Å². The smallest absolute Gasteiger partial charge is 0.0577 e. The van der Waals surface area contributed by atoms with Gasteiger partial charge in [-0.2, -0.15) is 0 Å². The Morgan fingerprint density at radius 1 is 1.00 bits per heavy atom. The second-order valence-corrected chi connectivity index (χ2v) is 12.9. The molecule has 3 saturated carbocycles. The highest BCUT2D eigenvalue weighted by molar-refractivity contribution is 5.25. The van der Waals surface area contributed by atoms with E-state index < -0.39 is 0 Å². The fourth-order valence-corrected chi connectivity index (χ4v) is 9.30. The van der Waals surface area contributed by atoms with Gasteiger partial charge in [0, 0.05) is 0 Å². The summed E-state index contributed by atoms with van der Waals surface area (Å²) in [6, 6.07) is 0. The molecule has 0 saturated heterocycles. The van der Waals surface area contributed by atoms with Gasteiger partial charge in [-0.1, -0.05) is 66.0 Å². The lowest BCUT2D eigenvalue weighted by molar-refractivity contribution is -0.0575. The fourth-order valence-electron chi connectivity index (χ4n) is 9.30. The number of rotatable bonds is 6. The van der Waals surface area contributed by atoms with Gasteiger partial charge in [-0.3, -0.25) is 0 Å². The van der Waals surface area contributed by atoms with Gasteiger partial charge in [0.15, 0.2) is 0 Å². The van der Waals surface area contributed by atoms with E-state index in [0.717, 1.165) is 54.3 Å². The maximum absolute atomic E-state index is 10.2. The number of allylic oxidation sites excluding steroid dienone is 1. The van der Waals surface area contributed by atoms with Gasteiger partial charge in [0.2, 0.25) is 0 Å². The van der Waals surface area contributed by atoms with Gasteiger partial charge in [-0.15, -0.1) is 0 Å². The summed E-state index contributed by atoms with van der Waals surface area (Å²) in [6.45, 7) is 15.1. The number of aliphatic hydroxyl groups is 1. The number of aliphatic hydroxyl groups excluding tert-OH is 1.